The minimum Gasteiger partial charge on any atom is -0.507 e. The van der Waals surface area contributed by atoms with Crippen LogP contribution in [-0.4, -0.2) is 22.2 Å². The Labute approximate surface area is 140 Å². The van der Waals surface area contributed by atoms with E-state index in [1.807, 2.05) is 20.8 Å². The van der Waals surface area contributed by atoms with E-state index >= 15 is 0 Å². The van der Waals surface area contributed by atoms with Crippen molar-refractivity contribution >= 4 is 16.9 Å². The Bertz CT molecular complexity index is 796. The lowest BCUT2D eigenvalue weighted by molar-refractivity contribution is -0.140. The summed E-state index contributed by atoms with van der Waals surface area (Å²) < 4.78 is 5.29. The molecular formula is C18H23NO5. The number of nitrogens with one attached hydrogen (secondary N) is 1. The molecule has 0 bridgehead atoms. The third-order valence-corrected chi connectivity index (χ3v) is 4.44. The summed E-state index contributed by atoms with van der Waals surface area (Å²) in [6.45, 7) is 5.80. The van der Waals surface area contributed by atoms with Gasteiger partial charge in [0, 0.05) is 18.0 Å². The summed E-state index contributed by atoms with van der Waals surface area (Å²) in [5.41, 5.74) is 1.05. The zero-order valence-corrected chi connectivity index (χ0v) is 14.1. The van der Waals surface area contributed by atoms with Gasteiger partial charge < -0.3 is 14.6 Å². The van der Waals surface area contributed by atoms with Crippen molar-refractivity contribution in [3.8, 4) is 5.75 Å². The molecule has 0 aliphatic heterocycles. The van der Waals surface area contributed by atoms with E-state index in [1.165, 1.54) is 12.1 Å². The molecule has 0 spiro atoms. The summed E-state index contributed by atoms with van der Waals surface area (Å²) in [5, 5.41) is 23.2. The molecule has 0 aliphatic rings. The fourth-order valence-electron chi connectivity index (χ4n) is 2.78. The number of hydrogen-bond acceptors (Lipinski definition) is 5. The molecule has 1 heterocycles. The zero-order chi connectivity index (χ0) is 17.9. The maximum atomic E-state index is 11.8. The highest BCUT2D eigenvalue weighted by atomic mass is 16.4. The summed E-state index contributed by atoms with van der Waals surface area (Å²) in [5.74, 6) is -1.04. The second-order valence-electron chi connectivity index (χ2n) is 5.97. The maximum Gasteiger partial charge on any atom is 0.336 e. The third kappa shape index (κ3) is 3.59. The smallest absolute Gasteiger partial charge is 0.336 e. The molecule has 6 heteroatoms. The minimum absolute atomic E-state index is 0.0281. The quantitative estimate of drug-likeness (QED) is 0.674. The highest BCUT2D eigenvalue weighted by Crippen LogP contribution is 2.28. The highest BCUT2D eigenvalue weighted by molar-refractivity contribution is 5.85. The fourth-order valence-corrected chi connectivity index (χ4v) is 2.78. The average Bonchev–Trinajstić information content (AvgIpc) is 2.55. The van der Waals surface area contributed by atoms with E-state index in [0.717, 1.165) is 10.9 Å². The Morgan fingerprint density at radius 3 is 2.62 bits per heavy atom. The van der Waals surface area contributed by atoms with Crippen LogP contribution in [0.15, 0.2) is 27.4 Å². The van der Waals surface area contributed by atoms with Crippen molar-refractivity contribution in [2.75, 3.05) is 0 Å². The van der Waals surface area contributed by atoms with Crippen LogP contribution in [0, 0.1) is 5.92 Å². The second-order valence-corrected chi connectivity index (χ2v) is 5.97. The van der Waals surface area contributed by atoms with Crippen LogP contribution < -0.4 is 10.9 Å². The molecule has 2 aromatic rings. The molecule has 0 amide bonds. The first-order chi connectivity index (χ1) is 11.4. The lowest BCUT2D eigenvalue weighted by atomic mass is 9.98. The van der Waals surface area contributed by atoms with Gasteiger partial charge in [-0.3, -0.25) is 10.1 Å². The van der Waals surface area contributed by atoms with E-state index in [4.69, 9.17) is 4.42 Å². The van der Waals surface area contributed by atoms with Gasteiger partial charge in [0.25, 0.3) is 0 Å². The topological polar surface area (TPSA) is 99.8 Å². The molecule has 0 unspecified atom stereocenters. The Morgan fingerprint density at radius 1 is 1.33 bits per heavy atom. The predicted octanol–water partition coefficient (Wildman–Crippen LogP) is 2.65. The molecule has 3 N–H and O–H groups in total. The van der Waals surface area contributed by atoms with Crippen LogP contribution >= 0.6 is 0 Å². The van der Waals surface area contributed by atoms with Crippen LogP contribution in [0.1, 0.15) is 38.3 Å². The molecule has 130 valence electrons. The summed E-state index contributed by atoms with van der Waals surface area (Å²) >= 11 is 0. The van der Waals surface area contributed by atoms with Crippen molar-refractivity contribution in [3.63, 3.8) is 0 Å². The fraction of sp³-hybridized carbons (Fsp3) is 0.444. The van der Waals surface area contributed by atoms with Crippen LogP contribution in [0.5, 0.6) is 5.75 Å². The number of phenols is 1. The number of aromatic hydroxyl groups is 1. The number of rotatable bonds is 7. The van der Waals surface area contributed by atoms with Gasteiger partial charge in [-0.05, 0) is 30.0 Å². The van der Waals surface area contributed by atoms with Gasteiger partial charge in [0.05, 0.1) is 5.56 Å². The Hall–Kier alpha value is -2.34. The monoisotopic (exact) mass is 333 g/mol. The standard InChI is InChI=1S/C18H23NO5/c1-4-10(3)16(18(22)23)19-9-13-14(20)7-6-12-11(5-2)8-15(21)24-17(12)13/h6-8,10,16,19-20H,4-5,9H2,1-3H3,(H,22,23)/t10-,16-/m0/s1. The summed E-state index contributed by atoms with van der Waals surface area (Å²) in [7, 11) is 0. The Morgan fingerprint density at radius 2 is 2.04 bits per heavy atom. The number of carbonyl (C=O) groups is 1. The number of benzene rings is 1. The molecule has 1 aromatic heterocycles. The molecule has 2 atom stereocenters. The molecule has 0 fully saturated rings. The minimum atomic E-state index is -0.945. The summed E-state index contributed by atoms with van der Waals surface area (Å²) in [6, 6.07) is 3.94. The summed E-state index contributed by atoms with van der Waals surface area (Å²) in [4.78, 5) is 23.2. The number of aryl methyl sites for hydroxylation is 1. The largest absolute Gasteiger partial charge is 0.507 e. The van der Waals surface area contributed by atoms with Crippen molar-refractivity contribution in [2.45, 2.75) is 46.2 Å². The van der Waals surface area contributed by atoms with E-state index in [-0.39, 0.29) is 18.2 Å². The van der Waals surface area contributed by atoms with Gasteiger partial charge in [0.15, 0.2) is 0 Å². The zero-order valence-electron chi connectivity index (χ0n) is 14.1. The SMILES string of the molecule is CCc1cc(=O)oc2c(CN[C@H](C(=O)O)[C@@H](C)CC)c(O)ccc12. The van der Waals surface area contributed by atoms with E-state index in [2.05, 4.69) is 5.32 Å². The van der Waals surface area contributed by atoms with Crippen molar-refractivity contribution in [1.29, 1.82) is 0 Å². The maximum absolute atomic E-state index is 11.8. The van der Waals surface area contributed by atoms with Gasteiger partial charge in [-0.1, -0.05) is 27.2 Å². The number of hydrogen-bond donors (Lipinski definition) is 3. The lowest BCUT2D eigenvalue weighted by Crippen LogP contribution is -2.41. The highest BCUT2D eigenvalue weighted by Gasteiger charge is 2.24. The van der Waals surface area contributed by atoms with Gasteiger partial charge in [-0.2, -0.15) is 0 Å². The number of phenolic OH excluding ortho intramolecular Hbond substituents is 1. The Kier molecular flexibility index (Phi) is 5.62. The molecule has 6 nitrogen and oxygen atoms in total. The van der Waals surface area contributed by atoms with Crippen molar-refractivity contribution < 1.29 is 19.4 Å². The first-order valence-electron chi connectivity index (χ1n) is 8.12. The van der Waals surface area contributed by atoms with Crippen molar-refractivity contribution in [3.05, 3.63) is 39.7 Å². The van der Waals surface area contributed by atoms with Crippen LogP contribution in [0.25, 0.3) is 11.0 Å². The van der Waals surface area contributed by atoms with Gasteiger partial charge >= 0.3 is 11.6 Å². The number of fused-ring (bicyclic) bond motifs is 1. The van der Waals surface area contributed by atoms with E-state index in [1.54, 1.807) is 6.07 Å². The van der Waals surface area contributed by atoms with Gasteiger partial charge in [-0.25, -0.2) is 4.79 Å². The van der Waals surface area contributed by atoms with Crippen LogP contribution in [0.4, 0.5) is 0 Å². The average molecular weight is 333 g/mol. The van der Waals surface area contributed by atoms with Crippen LogP contribution in [-0.2, 0) is 17.8 Å². The van der Waals surface area contributed by atoms with Crippen molar-refractivity contribution in [2.24, 2.45) is 5.92 Å². The van der Waals surface area contributed by atoms with Crippen molar-refractivity contribution in [1.82, 2.24) is 5.32 Å². The third-order valence-electron chi connectivity index (χ3n) is 4.44. The molecular weight excluding hydrogens is 310 g/mol. The molecule has 0 aliphatic carbocycles. The lowest BCUT2D eigenvalue weighted by Gasteiger charge is -2.20. The van der Waals surface area contributed by atoms with Crippen LogP contribution in [0.2, 0.25) is 0 Å². The molecule has 24 heavy (non-hydrogen) atoms. The van der Waals surface area contributed by atoms with E-state index in [9.17, 15) is 19.8 Å². The van der Waals surface area contributed by atoms with Gasteiger partial charge in [0.1, 0.15) is 17.4 Å². The first kappa shape index (κ1) is 18.0. The number of carboxylic acids is 1. The van der Waals surface area contributed by atoms with Gasteiger partial charge in [-0.15, -0.1) is 0 Å². The first-order valence-corrected chi connectivity index (χ1v) is 8.12. The van der Waals surface area contributed by atoms with E-state index in [0.29, 0.717) is 24.0 Å². The molecule has 0 radical (unpaired) electrons. The summed E-state index contributed by atoms with van der Waals surface area (Å²) in [6.07, 6.45) is 1.37. The predicted molar refractivity (Wildman–Crippen MR) is 91.2 cm³/mol. The molecule has 0 saturated heterocycles. The van der Waals surface area contributed by atoms with Gasteiger partial charge in [0.2, 0.25) is 0 Å². The van der Waals surface area contributed by atoms with E-state index < -0.39 is 17.6 Å². The normalized spacial score (nSPS) is 13.8. The molecule has 0 saturated carbocycles. The van der Waals surface area contributed by atoms with Crippen LogP contribution in [0.3, 0.4) is 0 Å². The number of aliphatic carboxylic acids is 1. The number of carboxylic acid groups (broad SMARTS) is 1. The Balaban J connectivity index is 2.44. The molecule has 1 aromatic carbocycles. The molecule has 2 rings (SSSR count). The second kappa shape index (κ2) is 7.49.